The van der Waals surface area contributed by atoms with Gasteiger partial charge in [-0.05, 0) is 42.8 Å². The molecule has 1 N–H and O–H groups in total. The van der Waals surface area contributed by atoms with Crippen LogP contribution in [0, 0.1) is 5.82 Å². The molecule has 0 aromatic heterocycles. The van der Waals surface area contributed by atoms with Crippen LogP contribution in [-0.4, -0.2) is 54.0 Å². The third-order valence-corrected chi connectivity index (χ3v) is 5.51. The van der Waals surface area contributed by atoms with E-state index >= 15 is 0 Å². The zero-order valence-electron chi connectivity index (χ0n) is 15.7. The number of ether oxygens (including phenoxy) is 1. The van der Waals surface area contributed by atoms with Crippen LogP contribution in [0.2, 0.25) is 5.02 Å². The third kappa shape index (κ3) is 4.08. The summed E-state index contributed by atoms with van der Waals surface area (Å²) in [6.45, 7) is 5.43. The van der Waals surface area contributed by atoms with Crippen molar-refractivity contribution in [2.45, 2.75) is 25.6 Å². The van der Waals surface area contributed by atoms with E-state index in [2.05, 4.69) is 17.1 Å². The molecule has 0 spiro atoms. The summed E-state index contributed by atoms with van der Waals surface area (Å²) in [6.07, 6.45) is -0.542. The number of rotatable bonds is 3. The molecule has 0 bridgehead atoms. The van der Waals surface area contributed by atoms with Gasteiger partial charge in [-0.25, -0.2) is 4.39 Å². The van der Waals surface area contributed by atoms with Crippen molar-refractivity contribution >= 4 is 23.2 Å². The molecular weight excluding hydrogens is 381 g/mol. The van der Waals surface area contributed by atoms with Crippen LogP contribution in [0.4, 0.5) is 10.1 Å². The fourth-order valence-corrected chi connectivity index (χ4v) is 3.99. The number of nitrogens with zero attached hydrogens (tertiary/aromatic N) is 2. The van der Waals surface area contributed by atoms with Crippen LogP contribution in [0.3, 0.4) is 0 Å². The highest BCUT2D eigenvalue weighted by atomic mass is 35.5. The van der Waals surface area contributed by atoms with Gasteiger partial charge < -0.3 is 15.0 Å². The van der Waals surface area contributed by atoms with Gasteiger partial charge in [-0.1, -0.05) is 23.7 Å². The number of halogens is 2. The van der Waals surface area contributed by atoms with Crippen molar-refractivity contribution in [3.05, 3.63) is 58.9 Å². The van der Waals surface area contributed by atoms with Crippen molar-refractivity contribution in [3.63, 3.8) is 0 Å². The Morgan fingerprint density at radius 3 is 2.79 bits per heavy atom. The summed E-state index contributed by atoms with van der Waals surface area (Å²) in [7, 11) is 0. The monoisotopic (exact) mass is 403 g/mol. The molecule has 2 aromatic rings. The Kier molecular flexibility index (Phi) is 5.42. The summed E-state index contributed by atoms with van der Waals surface area (Å²) >= 11 is 6.00. The molecule has 1 unspecified atom stereocenters. The van der Waals surface area contributed by atoms with E-state index in [0.717, 1.165) is 30.9 Å². The topological polar surface area (TPSA) is 44.8 Å². The Morgan fingerprint density at radius 2 is 2.04 bits per heavy atom. The van der Waals surface area contributed by atoms with Gasteiger partial charge in [0.25, 0.3) is 5.91 Å². The lowest BCUT2D eigenvalue weighted by Crippen LogP contribution is -2.58. The maximum Gasteiger partial charge on any atom is 0.265 e. The van der Waals surface area contributed by atoms with Crippen LogP contribution in [0.15, 0.2) is 42.5 Å². The van der Waals surface area contributed by atoms with Crippen molar-refractivity contribution in [1.82, 2.24) is 9.80 Å². The van der Waals surface area contributed by atoms with E-state index in [1.54, 1.807) is 18.2 Å². The molecular formula is C21H23ClFN3O2. The predicted molar refractivity (Wildman–Crippen MR) is 107 cm³/mol. The predicted octanol–water partition coefficient (Wildman–Crippen LogP) is 3.38. The van der Waals surface area contributed by atoms with Crippen LogP contribution in [-0.2, 0) is 11.3 Å². The van der Waals surface area contributed by atoms with E-state index in [0.29, 0.717) is 23.9 Å². The van der Waals surface area contributed by atoms with E-state index in [1.165, 1.54) is 12.1 Å². The average molecular weight is 404 g/mol. The minimum atomic E-state index is -0.542. The van der Waals surface area contributed by atoms with Gasteiger partial charge in [-0.2, -0.15) is 0 Å². The molecule has 7 heteroatoms. The van der Waals surface area contributed by atoms with Gasteiger partial charge >= 0.3 is 0 Å². The second kappa shape index (κ2) is 7.97. The molecule has 28 heavy (non-hydrogen) atoms. The second-order valence-corrected chi connectivity index (χ2v) is 7.81. The molecule has 0 aliphatic carbocycles. The maximum atomic E-state index is 13.1. The molecule has 1 amide bonds. The van der Waals surface area contributed by atoms with E-state index in [1.807, 2.05) is 17.0 Å². The number of hydrogen-bond donors (Lipinski definition) is 1. The molecule has 4 rings (SSSR count). The Balaban J connectivity index is 1.36. The Hall–Kier alpha value is -2.31. The fraction of sp³-hybridized carbons (Fsp3) is 0.381. The molecule has 2 aliphatic heterocycles. The first-order chi connectivity index (χ1) is 13.5. The lowest BCUT2D eigenvalue weighted by Gasteiger charge is -2.41. The average Bonchev–Trinajstić information content (AvgIpc) is 2.69. The number of amides is 1. The number of fused-ring (bicyclic) bond motifs is 1. The van der Waals surface area contributed by atoms with E-state index in [9.17, 15) is 9.18 Å². The van der Waals surface area contributed by atoms with Gasteiger partial charge in [0.05, 0.1) is 12.2 Å². The number of hydrogen-bond acceptors (Lipinski definition) is 4. The number of carbonyl (C=O) groups excluding carboxylic acids is 1. The lowest BCUT2D eigenvalue weighted by molar-refractivity contribution is -0.143. The van der Waals surface area contributed by atoms with Crippen molar-refractivity contribution in [1.29, 1.82) is 0 Å². The summed E-state index contributed by atoms with van der Waals surface area (Å²) in [5.41, 5.74) is 1.89. The maximum absolute atomic E-state index is 13.1. The van der Waals surface area contributed by atoms with E-state index in [4.69, 9.17) is 16.3 Å². The van der Waals surface area contributed by atoms with Gasteiger partial charge in [-0.15, -0.1) is 0 Å². The molecule has 0 saturated carbocycles. The first kappa shape index (κ1) is 19.0. The van der Waals surface area contributed by atoms with Crippen molar-refractivity contribution in [3.8, 4) is 5.75 Å². The third-order valence-electron chi connectivity index (χ3n) is 5.28. The molecule has 2 aliphatic rings. The standard InChI is InChI=1S/C21H23ClFN3O2/c1-14-12-25(13-15-2-5-17(23)6-3-15)8-9-26(14)21(27)20-11-24-18-10-16(22)4-7-19(18)28-20/h2-7,10,14,20,24H,8-9,11-13H2,1H3/t14-,20?/m1/s1. The number of carbonyl (C=O) groups is 1. The highest BCUT2D eigenvalue weighted by Gasteiger charge is 2.34. The molecule has 2 heterocycles. The summed E-state index contributed by atoms with van der Waals surface area (Å²) in [4.78, 5) is 17.2. The van der Waals surface area contributed by atoms with Crippen LogP contribution in [0.5, 0.6) is 5.75 Å². The molecule has 2 atom stereocenters. The SMILES string of the molecule is C[C@@H]1CN(Cc2ccc(F)cc2)CCN1C(=O)C1CNc2cc(Cl)ccc2O1. The minimum absolute atomic E-state index is 0.00188. The van der Waals surface area contributed by atoms with Gasteiger partial charge in [-0.3, -0.25) is 9.69 Å². The zero-order valence-corrected chi connectivity index (χ0v) is 16.5. The van der Waals surface area contributed by atoms with E-state index < -0.39 is 6.10 Å². The van der Waals surface area contributed by atoms with Crippen LogP contribution >= 0.6 is 11.6 Å². The van der Waals surface area contributed by atoms with Gasteiger partial charge in [0.2, 0.25) is 0 Å². The highest BCUT2D eigenvalue weighted by molar-refractivity contribution is 6.30. The molecule has 148 valence electrons. The minimum Gasteiger partial charge on any atom is -0.477 e. The first-order valence-corrected chi connectivity index (χ1v) is 9.85. The summed E-state index contributed by atoms with van der Waals surface area (Å²) < 4.78 is 19.0. The fourth-order valence-electron chi connectivity index (χ4n) is 3.82. The normalized spacial score (nSPS) is 22.2. The zero-order chi connectivity index (χ0) is 19.7. The number of anilines is 1. The Labute approximate surface area is 169 Å². The number of nitrogens with one attached hydrogen (secondary N) is 1. The van der Waals surface area contributed by atoms with Crippen molar-refractivity contribution < 1.29 is 13.9 Å². The van der Waals surface area contributed by atoms with Gasteiger partial charge in [0.1, 0.15) is 11.6 Å². The molecule has 0 radical (unpaired) electrons. The quantitative estimate of drug-likeness (QED) is 0.853. The largest absolute Gasteiger partial charge is 0.477 e. The Morgan fingerprint density at radius 1 is 1.25 bits per heavy atom. The van der Waals surface area contributed by atoms with Crippen molar-refractivity contribution in [2.24, 2.45) is 0 Å². The first-order valence-electron chi connectivity index (χ1n) is 9.47. The number of piperazine rings is 1. The highest BCUT2D eigenvalue weighted by Crippen LogP contribution is 2.32. The van der Waals surface area contributed by atoms with Crippen LogP contribution in [0.25, 0.3) is 0 Å². The summed E-state index contributed by atoms with van der Waals surface area (Å²) in [5.74, 6) is 0.427. The Bertz CT molecular complexity index is 861. The van der Waals surface area contributed by atoms with Gasteiger partial charge in [0, 0.05) is 37.2 Å². The van der Waals surface area contributed by atoms with E-state index in [-0.39, 0.29) is 17.8 Å². The van der Waals surface area contributed by atoms with Crippen LogP contribution < -0.4 is 10.1 Å². The molecule has 2 aromatic carbocycles. The summed E-state index contributed by atoms with van der Waals surface area (Å²) in [6, 6.07) is 12.0. The molecule has 5 nitrogen and oxygen atoms in total. The lowest BCUT2D eigenvalue weighted by atomic mass is 10.1. The second-order valence-electron chi connectivity index (χ2n) is 7.37. The molecule has 1 saturated heterocycles. The molecule has 1 fully saturated rings. The number of benzene rings is 2. The summed E-state index contributed by atoms with van der Waals surface area (Å²) in [5, 5.41) is 3.87. The van der Waals surface area contributed by atoms with Crippen LogP contribution in [0.1, 0.15) is 12.5 Å². The van der Waals surface area contributed by atoms with Gasteiger partial charge in [0.15, 0.2) is 6.10 Å². The smallest absolute Gasteiger partial charge is 0.265 e. The van der Waals surface area contributed by atoms with Crippen molar-refractivity contribution in [2.75, 3.05) is 31.5 Å².